The number of para-hydroxylation sites is 1. The molecule has 0 aliphatic heterocycles. The van der Waals surface area contributed by atoms with Crippen molar-refractivity contribution >= 4 is 27.5 Å². The molecule has 6 rings (SSSR count). The summed E-state index contributed by atoms with van der Waals surface area (Å²) in [5.41, 5.74) is 7.10. The summed E-state index contributed by atoms with van der Waals surface area (Å²) in [7, 11) is 0. The van der Waals surface area contributed by atoms with Crippen LogP contribution in [0.15, 0.2) is 72.8 Å². The number of nitriles is 1. The lowest BCUT2D eigenvalue weighted by molar-refractivity contribution is 0.629. The molecule has 5 aromatic rings. The molecule has 0 saturated heterocycles. The van der Waals surface area contributed by atoms with Crippen molar-refractivity contribution in [3.05, 3.63) is 107 Å². The first-order valence-electron chi connectivity index (χ1n) is 10.7. The summed E-state index contributed by atoms with van der Waals surface area (Å²) >= 11 is 0. The minimum atomic E-state index is -0.769. The van der Waals surface area contributed by atoms with Crippen LogP contribution in [0.5, 0.6) is 0 Å². The Hall–Kier alpha value is -4.41. The zero-order valence-electron chi connectivity index (χ0n) is 18.1. The number of hydrogen-bond acceptors (Lipinski definition) is 1. The van der Waals surface area contributed by atoms with E-state index in [-0.39, 0.29) is 16.7 Å². The van der Waals surface area contributed by atoms with Crippen molar-refractivity contribution in [2.45, 2.75) is 19.3 Å². The van der Waals surface area contributed by atoms with E-state index in [1.54, 1.807) is 0 Å². The molecule has 156 valence electrons. The van der Waals surface area contributed by atoms with Gasteiger partial charge in [-0.15, -0.1) is 0 Å². The van der Waals surface area contributed by atoms with Crippen LogP contribution in [0.3, 0.4) is 0 Å². The van der Waals surface area contributed by atoms with Gasteiger partial charge in [0.05, 0.1) is 23.2 Å². The van der Waals surface area contributed by atoms with Gasteiger partial charge in [-0.05, 0) is 52.6 Å². The maximum atomic E-state index is 14.5. The van der Waals surface area contributed by atoms with E-state index in [2.05, 4.69) is 61.2 Å². The lowest BCUT2D eigenvalue weighted by atomic mass is 9.82. The smallest absolute Gasteiger partial charge is 0.225 e. The average Bonchev–Trinajstić information content (AvgIpc) is 3.28. The predicted molar refractivity (Wildman–Crippen MR) is 129 cm³/mol. The zero-order valence-corrected chi connectivity index (χ0v) is 18.1. The molecule has 0 N–H and O–H groups in total. The van der Waals surface area contributed by atoms with Crippen LogP contribution in [-0.4, -0.2) is 4.57 Å². The molecule has 0 atom stereocenters. The van der Waals surface area contributed by atoms with Crippen molar-refractivity contribution in [1.29, 1.82) is 5.26 Å². The van der Waals surface area contributed by atoms with Crippen LogP contribution in [0.1, 0.15) is 30.5 Å². The Morgan fingerprint density at radius 3 is 2.42 bits per heavy atom. The molecule has 0 spiro atoms. The van der Waals surface area contributed by atoms with Gasteiger partial charge in [0.1, 0.15) is 11.9 Å². The van der Waals surface area contributed by atoms with Crippen LogP contribution in [-0.2, 0) is 5.41 Å². The Balaban J connectivity index is 1.77. The fourth-order valence-electron chi connectivity index (χ4n) is 5.33. The van der Waals surface area contributed by atoms with Crippen molar-refractivity contribution < 1.29 is 4.39 Å². The van der Waals surface area contributed by atoms with Gasteiger partial charge < -0.3 is 4.57 Å². The van der Waals surface area contributed by atoms with Gasteiger partial charge >= 0.3 is 0 Å². The summed E-state index contributed by atoms with van der Waals surface area (Å²) in [5.74, 6) is -0.769. The van der Waals surface area contributed by atoms with Gasteiger partial charge in [0, 0.05) is 21.9 Å². The number of rotatable bonds is 1. The Bertz CT molecular complexity index is 1690. The van der Waals surface area contributed by atoms with E-state index >= 15 is 0 Å². The monoisotopic (exact) mass is 427 g/mol. The van der Waals surface area contributed by atoms with Crippen LogP contribution >= 0.6 is 0 Å². The average molecular weight is 427 g/mol. The summed E-state index contributed by atoms with van der Waals surface area (Å²) in [5, 5.41) is 11.6. The number of fused-ring (bicyclic) bond motifs is 6. The van der Waals surface area contributed by atoms with E-state index in [0.29, 0.717) is 5.69 Å². The van der Waals surface area contributed by atoms with Crippen LogP contribution < -0.4 is 0 Å². The topological polar surface area (TPSA) is 33.1 Å². The van der Waals surface area contributed by atoms with Crippen molar-refractivity contribution in [3.8, 4) is 22.9 Å². The third-order valence-corrected chi connectivity index (χ3v) is 6.91. The van der Waals surface area contributed by atoms with Crippen LogP contribution in [0.25, 0.3) is 43.5 Å². The van der Waals surface area contributed by atoms with E-state index < -0.39 is 5.82 Å². The minimum absolute atomic E-state index is 0.127. The summed E-state index contributed by atoms with van der Waals surface area (Å²) in [4.78, 5) is 3.33. The second-order valence-electron chi connectivity index (χ2n) is 8.99. The largest absolute Gasteiger partial charge is 0.310 e. The SMILES string of the molecule is [C-]#[N+]c1cc(-n2c3ccccc3c3cc4c(cc32)C(C)(C)c2ccccc2-4)cc(C#N)c1F. The number of benzene rings is 4. The Kier molecular flexibility index (Phi) is 3.83. The molecule has 1 heterocycles. The quantitative estimate of drug-likeness (QED) is 0.253. The number of halogens is 1. The fraction of sp³-hybridized carbons (Fsp3) is 0.103. The number of hydrogen-bond donors (Lipinski definition) is 0. The molecule has 0 radical (unpaired) electrons. The summed E-state index contributed by atoms with van der Waals surface area (Å²) in [6.45, 7) is 11.9. The van der Waals surface area contributed by atoms with Crippen molar-refractivity contribution in [2.75, 3.05) is 0 Å². The highest BCUT2D eigenvalue weighted by molar-refractivity contribution is 6.11. The number of nitrogens with zero attached hydrogens (tertiary/aromatic N) is 3. The maximum Gasteiger partial charge on any atom is 0.225 e. The second-order valence-corrected chi connectivity index (χ2v) is 8.99. The standard InChI is InChI=1S/C29H18FN3/c1-29(2)23-10-6-4-8-19(23)21-14-22-20-9-5-7-11-26(20)33(27(22)15-24(21)29)18-12-17(16-31)28(30)25(13-18)32-3/h4-15H,1-2H3. The highest BCUT2D eigenvalue weighted by Gasteiger charge is 2.36. The summed E-state index contributed by atoms with van der Waals surface area (Å²) in [6.07, 6.45) is 0. The van der Waals surface area contributed by atoms with Crippen LogP contribution in [0, 0.1) is 23.7 Å². The molecule has 3 nitrogen and oxygen atoms in total. The molecule has 1 aliphatic carbocycles. The van der Waals surface area contributed by atoms with Crippen molar-refractivity contribution in [1.82, 2.24) is 4.57 Å². The molecule has 0 fully saturated rings. The highest BCUT2D eigenvalue weighted by Crippen LogP contribution is 2.51. The summed E-state index contributed by atoms with van der Waals surface area (Å²) < 4.78 is 16.6. The van der Waals surface area contributed by atoms with E-state index in [0.717, 1.165) is 21.8 Å². The third-order valence-electron chi connectivity index (χ3n) is 6.91. The first kappa shape index (κ1) is 19.3. The van der Waals surface area contributed by atoms with Crippen molar-refractivity contribution in [2.24, 2.45) is 0 Å². The normalized spacial score (nSPS) is 13.5. The molecule has 4 heteroatoms. The van der Waals surface area contributed by atoms with E-state index in [9.17, 15) is 9.65 Å². The van der Waals surface area contributed by atoms with E-state index in [4.69, 9.17) is 6.57 Å². The number of aromatic nitrogens is 1. The predicted octanol–water partition coefficient (Wildman–Crippen LogP) is 7.65. The third kappa shape index (κ3) is 2.47. The molecule has 0 bridgehead atoms. The summed E-state index contributed by atoms with van der Waals surface area (Å²) in [6, 6.07) is 26.0. The second kappa shape index (κ2) is 6.55. The molecule has 1 aliphatic rings. The van der Waals surface area contributed by atoms with Crippen molar-refractivity contribution in [3.63, 3.8) is 0 Å². The molecular formula is C29H18FN3. The Morgan fingerprint density at radius 1 is 0.879 bits per heavy atom. The lowest BCUT2D eigenvalue weighted by Gasteiger charge is -2.21. The van der Waals surface area contributed by atoms with Gasteiger partial charge in [0.15, 0.2) is 0 Å². The molecule has 0 unspecified atom stereocenters. The maximum absolute atomic E-state index is 14.5. The van der Waals surface area contributed by atoms with Gasteiger partial charge in [0.2, 0.25) is 5.69 Å². The van der Waals surface area contributed by atoms with Gasteiger partial charge in [-0.2, -0.15) is 5.26 Å². The minimum Gasteiger partial charge on any atom is -0.310 e. The Labute approximate surface area is 190 Å². The lowest BCUT2D eigenvalue weighted by Crippen LogP contribution is -2.15. The molecule has 4 aromatic carbocycles. The molecular weight excluding hydrogens is 409 g/mol. The first-order valence-corrected chi connectivity index (χ1v) is 10.7. The van der Waals surface area contributed by atoms with Gasteiger partial charge in [-0.25, -0.2) is 9.24 Å². The van der Waals surface area contributed by atoms with Gasteiger partial charge in [0.25, 0.3) is 0 Å². The Morgan fingerprint density at radius 2 is 1.64 bits per heavy atom. The molecule has 0 saturated carbocycles. The van der Waals surface area contributed by atoms with Crippen LogP contribution in [0.4, 0.5) is 10.1 Å². The molecule has 0 amide bonds. The van der Waals surface area contributed by atoms with E-state index in [1.807, 2.05) is 28.8 Å². The molecule has 1 aromatic heterocycles. The van der Waals surface area contributed by atoms with E-state index in [1.165, 1.54) is 34.4 Å². The van der Waals surface area contributed by atoms with Gasteiger partial charge in [-0.3, -0.25) is 0 Å². The van der Waals surface area contributed by atoms with Gasteiger partial charge in [-0.1, -0.05) is 56.3 Å². The highest BCUT2D eigenvalue weighted by atomic mass is 19.1. The fourth-order valence-corrected chi connectivity index (χ4v) is 5.33. The first-order chi connectivity index (χ1) is 16.0. The molecule has 33 heavy (non-hydrogen) atoms. The zero-order chi connectivity index (χ0) is 22.9. The van der Waals surface area contributed by atoms with Crippen LogP contribution in [0.2, 0.25) is 0 Å².